The zero-order valence-corrected chi connectivity index (χ0v) is 16.1. The van der Waals surface area contributed by atoms with Crippen molar-refractivity contribution in [1.82, 2.24) is 10.2 Å². The highest BCUT2D eigenvalue weighted by atomic mass is 35.5. The van der Waals surface area contributed by atoms with Crippen LogP contribution in [0.15, 0.2) is 18.2 Å². The summed E-state index contributed by atoms with van der Waals surface area (Å²) in [6, 6.07) is 2.91. The van der Waals surface area contributed by atoms with Crippen molar-refractivity contribution >= 4 is 35.6 Å². The highest BCUT2D eigenvalue weighted by molar-refractivity contribution is 6.33. The predicted molar refractivity (Wildman–Crippen MR) is 100 cm³/mol. The van der Waals surface area contributed by atoms with Crippen molar-refractivity contribution in [2.45, 2.75) is 25.4 Å². The third kappa shape index (κ3) is 6.95. The first-order chi connectivity index (χ1) is 11.8. The van der Waals surface area contributed by atoms with Crippen LogP contribution in [0.4, 0.5) is 18.9 Å². The highest BCUT2D eigenvalue weighted by Gasteiger charge is 2.31. The Morgan fingerprint density at radius 3 is 2.54 bits per heavy atom. The SMILES string of the molecule is CNCCC1CCN(CC(=O)Nc2cc(C(F)(F)F)ccc2Cl)CC1.Cl. The molecule has 2 N–H and O–H groups in total. The van der Waals surface area contributed by atoms with Gasteiger partial charge in [0.05, 0.1) is 22.8 Å². The number of benzene rings is 1. The van der Waals surface area contributed by atoms with E-state index in [1.165, 1.54) is 0 Å². The van der Waals surface area contributed by atoms with Crippen LogP contribution in [0.5, 0.6) is 0 Å². The van der Waals surface area contributed by atoms with Crippen LogP contribution < -0.4 is 10.6 Å². The molecule has 4 nitrogen and oxygen atoms in total. The molecule has 0 atom stereocenters. The molecule has 9 heteroatoms. The second-order valence-electron chi connectivity index (χ2n) is 6.35. The van der Waals surface area contributed by atoms with Crippen LogP contribution in [0.2, 0.25) is 5.02 Å². The smallest absolute Gasteiger partial charge is 0.324 e. The van der Waals surface area contributed by atoms with Gasteiger partial charge in [-0.05, 0) is 70.1 Å². The summed E-state index contributed by atoms with van der Waals surface area (Å²) in [5, 5.41) is 5.72. The molecule has 0 bridgehead atoms. The lowest BCUT2D eigenvalue weighted by Gasteiger charge is -2.31. The molecule has 1 heterocycles. The Morgan fingerprint density at radius 2 is 1.96 bits per heavy atom. The number of rotatable bonds is 6. The van der Waals surface area contributed by atoms with E-state index in [-0.39, 0.29) is 35.6 Å². The number of nitrogens with one attached hydrogen (secondary N) is 2. The van der Waals surface area contributed by atoms with Crippen molar-refractivity contribution in [2.75, 3.05) is 38.5 Å². The minimum absolute atomic E-state index is 0. The Hall–Kier alpha value is -1.02. The van der Waals surface area contributed by atoms with E-state index < -0.39 is 11.7 Å². The van der Waals surface area contributed by atoms with Gasteiger partial charge in [0.1, 0.15) is 0 Å². The van der Waals surface area contributed by atoms with Crippen LogP contribution in [-0.2, 0) is 11.0 Å². The molecule has 1 amide bonds. The lowest BCUT2D eigenvalue weighted by atomic mass is 9.93. The molecule has 1 aromatic carbocycles. The molecule has 0 spiro atoms. The van der Waals surface area contributed by atoms with Crippen LogP contribution >= 0.6 is 24.0 Å². The maximum Gasteiger partial charge on any atom is 0.416 e. The van der Waals surface area contributed by atoms with E-state index in [9.17, 15) is 18.0 Å². The molecule has 0 aliphatic carbocycles. The number of carbonyl (C=O) groups is 1. The van der Waals surface area contributed by atoms with Crippen LogP contribution in [0.25, 0.3) is 0 Å². The lowest BCUT2D eigenvalue weighted by molar-refractivity contribution is -0.137. The van der Waals surface area contributed by atoms with Gasteiger partial charge >= 0.3 is 6.18 Å². The first-order valence-corrected chi connectivity index (χ1v) is 8.71. The topological polar surface area (TPSA) is 44.4 Å². The number of halogens is 5. The average molecular weight is 414 g/mol. The molecule has 0 unspecified atom stereocenters. The Labute approximate surface area is 162 Å². The van der Waals surface area contributed by atoms with E-state index in [0.29, 0.717) is 5.92 Å². The molecular formula is C17H24Cl2F3N3O. The number of hydrogen-bond acceptors (Lipinski definition) is 3. The molecule has 2 rings (SSSR count). The molecular weight excluding hydrogens is 390 g/mol. The van der Waals surface area contributed by atoms with Crippen molar-refractivity contribution in [3.05, 3.63) is 28.8 Å². The Bertz CT molecular complexity index is 591. The lowest BCUT2D eigenvalue weighted by Crippen LogP contribution is -2.39. The summed E-state index contributed by atoms with van der Waals surface area (Å²) in [6.07, 6.45) is -1.30. The fourth-order valence-electron chi connectivity index (χ4n) is 2.97. The molecule has 0 radical (unpaired) electrons. The predicted octanol–water partition coefficient (Wildman–Crippen LogP) is 4.04. The molecule has 26 heavy (non-hydrogen) atoms. The van der Waals surface area contributed by atoms with E-state index >= 15 is 0 Å². The largest absolute Gasteiger partial charge is 0.416 e. The molecule has 148 valence electrons. The number of alkyl halides is 3. The molecule has 1 aromatic rings. The van der Waals surface area contributed by atoms with Gasteiger partial charge in [0.15, 0.2) is 0 Å². The summed E-state index contributed by atoms with van der Waals surface area (Å²) >= 11 is 5.90. The Kier molecular flexibility index (Phi) is 9.16. The van der Waals surface area contributed by atoms with Gasteiger partial charge in [-0.3, -0.25) is 9.69 Å². The molecule has 0 aromatic heterocycles. The van der Waals surface area contributed by atoms with Crippen LogP contribution in [0, 0.1) is 5.92 Å². The van der Waals surface area contributed by atoms with Crippen molar-refractivity contribution in [3.8, 4) is 0 Å². The van der Waals surface area contributed by atoms with Gasteiger partial charge in [0.25, 0.3) is 0 Å². The Morgan fingerprint density at radius 1 is 1.31 bits per heavy atom. The monoisotopic (exact) mass is 413 g/mol. The number of piperidine rings is 1. The minimum atomic E-state index is -4.47. The first-order valence-electron chi connectivity index (χ1n) is 8.33. The normalized spacial score (nSPS) is 16.2. The number of carbonyl (C=O) groups excluding carboxylic acids is 1. The summed E-state index contributed by atoms with van der Waals surface area (Å²) in [4.78, 5) is 14.2. The van der Waals surface area contributed by atoms with E-state index in [2.05, 4.69) is 10.6 Å². The summed E-state index contributed by atoms with van der Waals surface area (Å²) in [7, 11) is 1.93. The van der Waals surface area contributed by atoms with Gasteiger partial charge in [0.2, 0.25) is 5.91 Å². The van der Waals surface area contributed by atoms with Crippen LogP contribution in [0.1, 0.15) is 24.8 Å². The quantitative estimate of drug-likeness (QED) is 0.739. The third-order valence-corrected chi connectivity index (χ3v) is 4.77. The number of nitrogens with zero attached hydrogens (tertiary/aromatic N) is 1. The summed E-state index contributed by atoms with van der Waals surface area (Å²) in [5.41, 5.74) is -0.844. The maximum atomic E-state index is 12.8. The zero-order valence-electron chi connectivity index (χ0n) is 14.5. The van der Waals surface area contributed by atoms with Crippen molar-refractivity contribution in [2.24, 2.45) is 5.92 Å². The van der Waals surface area contributed by atoms with Gasteiger partial charge in [-0.2, -0.15) is 13.2 Å². The van der Waals surface area contributed by atoms with E-state index in [1.54, 1.807) is 0 Å². The fourth-order valence-corrected chi connectivity index (χ4v) is 3.14. The van der Waals surface area contributed by atoms with Gasteiger partial charge in [0, 0.05) is 0 Å². The first kappa shape index (κ1) is 23.0. The fraction of sp³-hybridized carbons (Fsp3) is 0.588. The van der Waals surface area contributed by atoms with E-state index in [0.717, 1.165) is 57.1 Å². The number of hydrogen-bond donors (Lipinski definition) is 2. The highest BCUT2D eigenvalue weighted by Crippen LogP contribution is 2.33. The second kappa shape index (κ2) is 10.3. The van der Waals surface area contributed by atoms with Gasteiger partial charge < -0.3 is 10.6 Å². The van der Waals surface area contributed by atoms with E-state index in [1.807, 2.05) is 11.9 Å². The van der Waals surface area contributed by atoms with Gasteiger partial charge in [-0.25, -0.2) is 0 Å². The molecule has 1 fully saturated rings. The molecule has 1 saturated heterocycles. The third-order valence-electron chi connectivity index (χ3n) is 4.44. The number of anilines is 1. The zero-order chi connectivity index (χ0) is 18.4. The molecule has 0 saturated carbocycles. The van der Waals surface area contributed by atoms with Crippen LogP contribution in [-0.4, -0.2) is 44.0 Å². The van der Waals surface area contributed by atoms with Crippen molar-refractivity contribution in [3.63, 3.8) is 0 Å². The molecule has 1 aliphatic rings. The number of amides is 1. The summed E-state index contributed by atoms with van der Waals surface area (Å²) < 4.78 is 38.3. The van der Waals surface area contributed by atoms with Gasteiger partial charge in [-0.15, -0.1) is 12.4 Å². The van der Waals surface area contributed by atoms with Gasteiger partial charge in [-0.1, -0.05) is 11.6 Å². The minimum Gasteiger partial charge on any atom is -0.324 e. The van der Waals surface area contributed by atoms with E-state index in [4.69, 9.17) is 11.6 Å². The van der Waals surface area contributed by atoms with Crippen molar-refractivity contribution < 1.29 is 18.0 Å². The maximum absolute atomic E-state index is 12.8. The molecule has 1 aliphatic heterocycles. The standard InChI is InChI=1S/C17H23ClF3N3O.ClH/c1-22-7-4-12-5-8-24(9-6-12)11-16(25)23-15-10-13(17(19,20)21)2-3-14(15)18;/h2-3,10,12,22H,4-9,11H2,1H3,(H,23,25);1H. The summed E-state index contributed by atoms with van der Waals surface area (Å²) in [5.74, 6) is 0.305. The van der Waals surface area contributed by atoms with Crippen LogP contribution in [0.3, 0.4) is 0 Å². The summed E-state index contributed by atoms with van der Waals surface area (Å²) in [6.45, 7) is 2.78. The van der Waals surface area contributed by atoms with Crippen molar-refractivity contribution in [1.29, 1.82) is 0 Å². The average Bonchev–Trinajstić information content (AvgIpc) is 2.55. The number of likely N-dealkylation sites (tertiary alicyclic amines) is 1. The Balaban J connectivity index is 0.00000338. The second-order valence-corrected chi connectivity index (χ2v) is 6.76.